The van der Waals surface area contributed by atoms with Crippen LogP contribution in [0.3, 0.4) is 0 Å². The van der Waals surface area contributed by atoms with E-state index in [0.29, 0.717) is 19.3 Å². The zero-order valence-corrected chi connectivity index (χ0v) is 46.7. The fourth-order valence-corrected chi connectivity index (χ4v) is 8.36. The van der Waals surface area contributed by atoms with Gasteiger partial charge in [0.15, 0.2) is 6.10 Å². The Kier molecular flexibility index (Phi) is 56.3. The average Bonchev–Trinajstić information content (AvgIpc) is 3.37. The van der Waals surface area contributed by atoms with E-state index in [2.05, 4.69) is 106 Å². The van der Waals surface area contributed by atoms with E-state index in [-0.39, 0.29) is 31.1 Å². The Morgan fingerprint density at radius 3 is 0.944 bits per heavy atom. The molecule has 0 heterocycles. The van der Waals surface area contributed by atoms with E-state index < -0.39 is 6.10 Å². The van der Waals surface area contributed by atoms with E-state index in [1.807, 2.05) is 0 Å². The SMILES string of the molecule is CCCCC\C=C/C=C\C=C/C=C\CCCCCCCC(=O)OCC(COC(=O)CCCCCCCCC/C=C\C/C=C\CCCCC)OC(=O)CCCCCCC/C=C\CCCCCCCCCCC. The summed E-state index contributed by atoms with van der Waals surface area (Å²) in [7, 11) is 0. The van der Waals surface area contributed by atoms with Gasteiger partial charge >= 0.3 is 17.9 Å². The van der Waals surface area contributed by atoms with Gasteiger partial charge in [0.25, 0.3) is 0 Å². The van der Waals surface area contributed by atoms with Crippen LogP contribution in [0.25, 0.3) is 0 Å². The van der Waals surface area contributed by atoms with E-state index in [0.717, 1.165) is 109 Å². The van der Waals surface area contributed by atoms with E-state index in [9.17, 15) is 14.4 Å². The normalized spacial score (nSPS) is 12.7. The molecule has 408 valence electrons. The summed E-state index contributed by atoms with van der Waals surface area (Å²) in [6.45, 7) is 6.57. The Morgan fingerprint density at radius 1 is 0.296 bits per heavy atom. The minimum Gasteiger partial charge on any atom is -0.462 e. The monoisotopic (exact) mass is 989 g/mol. The minimum absolute atomic E-state index is 0.0916. The quantitative estimate of drug-likeness (QED) is 0.0199. The summed E-state index contributed by atoms with van der Waals surface area (Å²) in [5.74, 6) is -0.922. The van der Waals surface area contributed by atoms with Crippen LogP contribution in [-0.2, 0) is 28.6 Å². The Bertz CT molecular complexity index is 1370. The molecule has 0 fully saturated rings. The Labute approximate surface area is 439 Å². The largest absolute Gasteiger partial charge is 0.462 e. The third-order valence-electron chi connectivity index (χ3n) is 12.9. The molecule has 1 unspecified atom stereocenters. The van der Waals surface area contributed by atoms with Crippen molar-refractivity contribution in [3.8, 4) is 0 Å². The van der Waals surface area contributed by atoms with Gasteiger partial charge in [-0.2, -0.15) is 0 Å². The van der Waals surface area contributed by atoms with Crippen molar-refractivity contribution in [1.29, 1.82) is 0 Å². The predicted octanol–water partition coefficient (Wildman–Crippen LogP) is 20.3. The molecule has 0 aliphatic heterocycles. The van der Waals surface area contributed by atoms with Crippen LogP contribution in [0.2, 0.25) is 0 Å². The number of carbonyl (C=O) groups is 3. The molecule has 0 bridgehead atoms. The smallest absolute Gasteiger partial charge is 0.306 e. The zero-order chi connectivity index (χ0) is 51.4. The number of ether oxygens (including phenoxy) is 3. The lowest BCUT2D eigenvalue weighted by Gasteiger charge is -2.18. The van der Waals surface area contributed by atoms with Gasteiger partial charge in [0.2, 0.25) is 0 Å². The van der Waals surface area contributed by atoms with Gasteiger partial charge in [-0.25, -0.2) is 0 Å². The molecule has 0 spiro atoms. The molecule has 0 saturated heterocycles. The first kappa shape index (κ1) is 67.6. The van der Waals surface area contributed by atoms with Crippen LogP contribution < -0.4 is 0 Å². The van der Waals surface area contributed by atoms with Gasteiger partial charge < -0.3 is 14.2 Å². The summed E-state index contributed by atoms with van der Waals surface area (Å²) in [5, 5.41) is 0. The van der Waals surface area contributed by atoms with Crippen molar-refractivity contribution in [1.82, 2.24) is 0 Å². The molecule has 71 heavy (non-hydrogen) atoms. The average molecular weight is 990 g/mol. The summed E-state index contributed by atoms with van der Waals surface area (Å²) in [4.78, 5) is 38.2. The van der Waals surface area contributed by atoms with Crippen molar-refractivity contribution in [2.75, 3.05) is 13.2 Å². The van der Waals surface area contributed by atoms with Crippen LogP contribution in [0.4, 0.5) is 0 Å². The number of allylic oxidation sites excluding steroid dienone is 14. The van der Waals surface area contributed by atoms with Crippen molar-refractivity contribution in [2.45, 2.75) is 297 Å². The molecular formula is C65H112O6. The van der Waals surface area contributed by atoms with Gasteiger partial charge in [-0.15, -0.1) is 0 Å². The lowest BCUT2D eigenvalue weighted by atomic mass is 10.1. The number of esters is 3. The second-order valence-corrected chi connectivity index (χ2v) is 20.0. The van der Waals surface area contributed by atoms with Crippen LogP contribution in [0.1, 0.15) is 290 Å². The molecule has 6 nitrogen and oxygen atoms in total. The number of carbonyl (C=O) groups excluding carboxylic acids is 3. The van der Waals surface area contributed by atoms with Crippen LogP contribution in [-0.4, -0.2) is 37.2 Å². The predicted molar refractivity (Wildman–Crippen MR) is 307 cm³/mol. The zero-order valence-electron chi connectivity index (χ0n) is 46.7. The van der Waals surface area contributed by atoms with Crippen molar-refractivity contribution in [3.05, 3.63) is 85.1 Å². The van der Waals surface area contributed by atoms with Crippen LogP contribution in [0.5, 0.6) is 0 Å². The van der Waals surface area contributed by atoms with Crippen molar-refractivity contribution < 1.29 is 28.6 Å². The van der Waals surface area contributed by atoms with Gasteiger partial charge in [-0.1, -0.05) is 254 Å². The first-order valence-corrected chi connectivity index (χ1v) is 30.1. The summed E-state index contributed by atoms with van der Waals surface area (Å²) >= 11 is 0. The highest BCUT2D eigenvalue weighted by Crippen LogP contribution is 2.15. The Balaban J connectivity index is 4.46. The molecule has 0 aliphatic carbocycles. The summed E-state index contributed by atoms with van der Waals surface area (Å²) in [5.41, 5.74) is 0. The highest BCUT2D eigenvalue weighted by molar-refractivity contribution is 5.71. The number of hydrogen-bond acceptors (Lipinski definition) is 6. The maximum Gasteiger partial charge on any atom is 0.306 e. The van der Waals surface area contributed by atoms with Gasteiger partial charge in [-0.3, -0.25) is 14.4 Å². The molecule has 1 atom stereocenters. The highest BCUT2D eigenvalue weighted by atomic mass is 16.6. The second kappa shape index (κ2) is 59.2. The van der Waals surface area contributed by atoms with E-state index in [4.69, 9.17) is 14.2 Å². The molecule has 0 rings (SSSR count). The third-order valence-corrected chi connectivity index (χ3v) is 12.9. The first-order valence-electron chi connectivity index (χ1n) is 30.1. The minimum atomic E-state index is -0.796. The van der Waals surface area contributed by atoms with Crippen molar-refractivity contribution in [3.63, 3.8) is 0 Å². The molecule has 0 amide bonds. The van der Waals surface area contributed by atoms with E-state index >= 15 is 0 Å². The fraction of sp³-hybridized carbons (Fsp3) is 0.738. The molecule has 6 heteroatoms. The topological polar surface area (TPSA) is 78.9 Å². The van der Waals surface area contributed by atoms with Crippen LogP contribution in [0, 0.1) is 0 Å². The second-order valence-electron chi connectivity index (χ2n) is 20.0. The molecular weight excluding hydrogens is 877 g/mol. The lowest BCUT2D eigenvalue weighted by molar-refractivity contribution is -0.167. The van der Waals surface area contributed by atoms with Crippen LogP contribution >= 0.6 is 0 Å². The molecule has 0 aromatic heterocycles. The van der Waals surface area contributed by atoms with E-state index in [1.54, 1.807) is 0 Å². The summed E-state index contributed by atoms with van der Waals surface area (Å²) in [6, 6.07) is 0. The van der Waals surface area contributed by atoms with Gasteiger partial charge in [0.1, 0.15) is 13.2 Å². The summed E-state index contributed by atoms with van der Waals surface area (Å²) in [6.07, 6.45) is 77.1. The Morgan fingerprint density at radius 2 is 0.563 bits per heavy atom. The van der Waals surface area contributed by atoms with E-state index in [1.165, 1.54) is 141 Å². The fourth-order valence-electron chi connectivity index (χ4n) is 8.36. The first-order chi connectivity index (χ1) is 35.0. The third kappa shape index (κ3) is 57.4. The molecule has 0 aliphatic rings. The Hall–Kier alpha value is -3.41. The van der Waals surface area contributed by atoms with Crippen molar-refractivity contribution in [2.24, 2.45) is 0 Å². The number of rotatable bonds is 54. The molecule has 0 radical (unpaired) electrons. The molecule has 0 saturated carbocycles. The lowest BCUT2D eigenvalue weighted by Crippen LogP contribution is -2.30. The van der Waals surface area contributed by atoms with Crippen molar-refractivity contribution >= 4 is 17.9 Å². The maximum atomic E-state index is 12.9. The van der Waals surface area contributed by atoms with Gasteiger partial charge in [0.05, 0.1) is 0 Å². The summed E-state index contributed by atoms with van der Waals surface area (Å²) < 4.78 is 16.9. The van der Waals surface area contributed by atoms with Crippen LogP contribution in [0.15, 0.2) is 85.1 Å². The highest BCUT2D eigenvalue weighted by Gasteiger charge is 2.19. The number of unbranched alkanes of at least 4 members (excludes halogenated alkanes) is 32. The molecule has 0 N–H and O–H groups in total. The number of hydrogen-bond donors (Lipinski definition) is 0. The maximum absolute atomic E-state index is 12.9. The molecule has 0 aromatic rings. The van der Waals surface area contributed by atoms with Gasteiger partial charge in [-0.05, 0) is 103 Å². The molecule has 0 aromatic carbocycles. The standard InChI is InChI=1S/C65H112O6/c1-4-7-10-13-16-19-22-25-28-31-34-37-40-43-46-49-52-55-58-64(67)70-61-62(60-69-63(66)57-54-51-48-45-42-39-36-33-30-27-24-21-18-15-12-9-6-3)71-65(68)59-56-53-50-47-44-41-38-35-32-29-26-23-20-17-14-11-8-5-2/h16,18-19,21-22,25,27-28,30-31,34-35,37-38,62H,4-15,17,20,23-24,26,29,32-33,36,39-61H2,1-3H3/b19-16-,21-18-,25-22-,30-27-,31-28-,37-34-,38-35-. The van der Waals surface area contributed by atoms with Gasteiger partial charge in [0, 0.05) is 19.3 Å².